The molecule has 0 bridgehead atoms. The average Bonchev–Trinajstić information content (AvgIpc) is 2.81. The molecule has 2 nitrogen and oxygen atoms in total. The highest BCUT2D eigenvalue weighted by Crippen LogP contribution is 2.55. The minimum atomic E-state index is 0.0532. The summed E-state index contributed by atoms with van der Waals surface area (Å²) in [5.74, 6) is 0.578. The van der Waals surface area contributed by atoms with Gasteiger partial charge < -0.3 is 9.47 Å². The fourth-order valence-corrected chi connectivity index (χ4v) is 2.08. The van der Waals surface area contributed by atoms with E-state index >= 15 is 0 Å². The van der Waals surface area contributed by atoms with Crippen molar-refractivity contribution < 1.29 is 9.47 Å². The van der Waals surface area contributed by atoms with Crippen LogP contribution < -0.4 is 0 Å². The van der Waals surface area contributed by atoms with Gasteiger partial charge in [0.2, 0.25) is 0 Å². The molecule has 0 amide bonds. The van der Waals surface area contributed by atoms with Crippen LogP contribution in [-0.4, -0.2) is 23.9 Å². The van der Waals surface area contributed by atoms with Crippen LogP contribution in [0, 0.1) is 5.92 Å². The second-order valence-electron chi connectivity index (χ2n) is 3.97. The topological polar surface area (TPSA) is 25.1 Å². The first-order chi connectivity index (χ1) is 5.24. The van der Waals surface area contributed by atoms with Gasteiger partial charge in [0.1, 0.15) is 23.9 Å². The quantitative estimate of drug-likeness (QED) is 0.415. The summed E-state index contributed by atoms with van der Waals surface area (Å²) in [5, 5.41) is 0. The highest BCUT2D eigenvalue weighted by molar-refractivity contribution is 5.31. The van der Waals surface area contributed by atoms with E-state index in [0.717, 1.165) is 0 Å². The number of hydrogen-bond donors (Lipinski definition) is 0. The Kier molecular flexibility index (Phi) is 0.871. The number of fused-ring (bicyclic) bond motifs is 3. The zero-order valence-corrected chi connectivity index (χ0v) is 6.78. The molecule has 2 aliphatic heterocycles. The Bertz CT molecular complexity index is 234. The first-order valence-corrected chi connectivity index (χ1v) is 4.27. The summed E-state index contributed by atoms with van der Waals surface area (Å²) in [4.78, 5) is 0. The van der Waals surface area contributed by atoms with Crippen molar-refractivity contribution in [2.75, 3.05) is 0 Å². The van der Waals surface area contributed by atoms with Crippen molar-refractivity contribution in [2.45, 2.75) is 37.8 Å². The Hall–Kier alpha value is -0.340. The minimum Gasteiger partial charge on any atom is -0.362 e. The van der Waals surface area contributed by atoms with E-state index in [0.29, 0.717) is 24.2 Å². The van der Waals surface area contributed by atoms with Gasteiger partial charge in [-0.2, -0.15) is 0 Å². The predicted molar refractivity (Wildman–Crippen MR) is 40.2 cm³/mol. The van der Waals surface area contributed by atoms with Gasteiger partial charge in [0, 0.05) is 0 Å². The summed E-state index contributed by atoms with van der Waals surface area (Å²) in [6.45, 7) is 4.40. The lowest BCUT2D eigenvalue weighted by Gasteiger charge is -2.13. The number of ether oxygens (including phenoxy) is 2. The Balaban J connectivity index is 1.94. The molecule has 4 atom stereocenters. The third-order valence-corrected chi connectivity index (χ3v) is 3.03. The molecule has 3 rings (SSSR count). The average molecular weight is 152 g/mol. The van der Waals surface area contributed by atoms with E-state index in [2.05, 4.69) is 26.0 Å². The van der Waals surface area contributed by atoms with Crippen LogP contribution in [-0.2, 0) is 9.47 Å². The zero-order valence-electron chi connectivity index (χ0n) is 6.78. The lowest BCUT2D eigenvalue weighted by molar-refractivity contribution is 0.265. The minimum absolute atomic E-state index is 0.0532. The number of rotatable bonds is 1. The van der Waals surface area contributed by atoms with Gasteiger partial charge in [-0.3, -0.25) is 0 Å². The van der Waals surface area contributed by atoms with E-state index in [-0.39, 0.29) is 5.60 Å². The van der Waals surface area contributed by atoms with Crippen molar-refractivity contribution in [1.29, 1.82) is 0 Å². The third-order valence-electron chi connectivity index (χ3n) is 3.03. The van der Waals surface area contributed by atoms with Gasteiger partial charge in [0.15, 0.2) is 0 Å². The molecule has 0 N–H and O–H groups in total. The van der Waals surface area contributed by atoms with Gasteiger partial charge in [-0.05, 0) is 5.92 Å². The van der Waals surface area contributed by atoms with Gasteiger partial charge in [0.25, 0.3) is 0 Å². The summed E-state index contributed by atoms with van der Waals surface area (Å²) >= 11 is 0. The third kappa shape index (κ3) is 0.603. The molecule has 0 saturated carbocycles. The van der Waals surface area contributed by atoms with Crippen LogP contribution in [0.4, 0.5) is 0 Å². The van der Waals surface area contributed by atoms with Gasteiger partial charge >= 0.3 is 0 Å². The monoisotopic (exact) mass is 152 g/mol. The molecule has 11 heavy (non-hydrogen) atoms. The Labute approximate surface area is 66.2 Å². The fourth-order valence-electron chi connectivity index (χ4n) is 2.08. The Morgan fingerprint density at radius 3 is 3.00 bits per heavy atom. The molecule has 0 radical (unpaired) electrons. The standard InChI is InChI=1S/C9H12O2/c1-5(2)9-4-3-6-7(10-6)8(9)11-9/h3-8H,1-2H3. The second-order valence-corrected chi connectivity index (χ2v) is 3.97. The Morgan fingerprint density at radius 2 is 2.27 bits per heavy atom. The molecule has 2 saturated heterocycles. The van der Waals surface area contributed by atoms with Gasteiger partial charge in [-0.25, -0.2) is 0 Å². The van der Waals surface area contributed by atoms with Gasteiger partial charge in [-0.1, -0.05) is 26.0 Å². The van der Waals surface area contributed by atoms with Crippen LogP contribution in [0.1, 0.15) is 13.8 Å². The molecule has 2 heterocycles. The fraction of sp³-hybridized carbons (Fsp3) is 0.778. The highest BCUT2D eigenvalue weighted by Gasteiger charge is 2.69. The molecule has 1 aliphatic carbocycles. The number of hydrogen-bond acceptors (Lipinski definition) is 2. The lowest BCUT2D eigenvalue weighted by Crippen LogP contribution is -2.25. The van der Waals surface area contributed by atoms with Crippen molar-refractivity contribution >= 4 is 0 Å². The molecule has 60 valence electrons. The first-order valence-electron chi connectivity index (χ1n) is 4.27. The van der Waals surface area contributed by atoms with Crippen LogP contribution in [0.3, 0.4) is 0 Å². The first kappa shape index (κ1) is 6.21. The summed E-state index contributed by atoms with van der Waals surface area (Å²) in [6, 6.07) is 0. The van der Waals surface area contributed by atoms with Crippen LogP contribution in [0.5, 0.6) is 0 Å². The molecule has 3 aliphatic rings. The predicted octanol–water partition coefficient (Wildman–Crippen LogP) is 1.12. The summed E-state index contributed by atoms with van der Waals surface area (Å²) in [5.41, 5.74) is 0.0532. The van der Waals surface area contributed by atoms with Crippen molar-refractivity contribution in [2.24, 2.45) is 5.92 Å². The smallest absolute Gasteiger partial charge is 0.121 e. The van der Waals surface area contributed by atoms with Crippen LogP contribution in [0.25, 0.3) is 0 Å². The number of epoxide rings is 2. The van der Waals surface area contributed by atoms with E-state index in [4.69, 9.17) is 9.47 Å². The van der Waals surface area contributed by atoms with E-state index in [1.54, 1.807) is 0 Å². The summed E-state index contributed by atoms with van der Waals surface area (Å²) in [6.07, 6.45) is 5.49. The molecule has 2 fully saturated rings. The maximum Gasteiger partial charge on any atom is 0.121 e. The van der Waals surface area contributed by atoms with Crippen LogP contribution in [0.2, 0.25) is 0 Å². The van der Waals surface area contributed by atoms with E-state index in [9.17, 15) is 0 Å². The van der Waals surface area contributed by atoms with E-state index in [1.807, 2.05) is 0 Å². The maximum atomic E-state index is 5.67. The van der Waals surface area contributed by atoms with E-state index < -0.39 is 0 Å². The molecule has 2 heteroatoms. The molecule has 0 aromatic carbocycles. The van der Waals surface area contributed by atoms with Crippen molar-refractivity contribution in [3.05, 3.63) is 12.2 Å². The summed E-state index contributed by atoms with van der Waals surface area (Å²) in [7, 11) is 0. The lowest BCUT2D eigenvalue weighted by atomic mass is 9.86. The van der Waals surface area contributed by atoms with Crippen molar-refractivity contribution in [3.8, 4) is 0 Å². The largest absolute Gasteiger partial charge is 0.362 e. The van der Waals surface area contributed by atoms with Crippen LogP contribution >= 0.6 is 0 Å². The van der Waals surface area contributed by atoms with Gasteiger partial charge in [-0.15, -0.1) is 0 Å². The van der Waals surface area contributed by atoms with E-state index in [1.165, 1.54) is 0 Å². The second kappa shape index (κ2) is 1.54. The molecule has 4 unspecified atom stereocenters. The highest BCUT2D eigenvalue weighted by atomic mass is 16.7. The van der Waals surface area contributed by atoms with Gasteiger partial charge in [0.05, 0.1) is 0 Å². The zero-order chi connectivity index (χ0) is 7.64. The molecular weight excluding hydrogens is 140 g/mol. The SMILES string of the molecule is CC(C)C12C=CC3OC3C1O2. The Morgan fingerprint density at radius 1 is 1.45 bits per heavy atom. The molecule has 0 spiro atoms. The van der Waals surface area contributed by atoms with Crippen molar-refractivity contribution in [1.82, 2.24) is 0 Å². The normalized spacial score (nSPS) is 57.2. The molecule has 0 aromatic heterocycles. The van der Waals surface area contributed by atoms with Crippen molar-refractivity contribution in [3.63, 3.8) is 0 Å². The maximum absolute atomic E-state index is 5.67. The molecular formula is C9H12O2. The summed E-state index contributed by atoms with van der Waals surface area (Å²) < 4.78 is 11.1. The van der Waals surface area contributed by atoms with Crippen LogP contribution in [0.15, 0.2) is 12.2 Å². The molecule has 0 aromatic rings.